The van der Waals surface area contributed by atoms with E-state index in [0.717, 1.165) is 44.6 Å². The number of hydrogen-bond donors (Lipinski definition) is 3. The average Bonchev–Trinajstić information content (AvgIpc) is 3.70. The summed E-state index contributed by atoms with van der Waals surface area (Å²) in [6.07, 6.45) is 3.88. The van der Waals surface area contributed by atoms with Gasteiger partial charge in [0.2, 0.25) is 11.8 Å². The second kappa shape index (κ2) is 10.7. The van der Waals surface area contributed by atoms with Gasteiger partial charge in [0.1, 0.15) is 0 Å². The number of ether oxygens (including phenoxy) is 1. The standard InChI is InChI=1S/C27H33N7O4/c1-4-23(35)34-13-17-10-11-33(14-18(17)15-34)21-7-5-6-19(25(21)38-3)29-20-12-22(30-26(36)16-8-9-16)31-32-24(20)27(37)28-2/h4-7,12,16-18H,1,8-11,13-15H2,2-3H3,(H,28,37)(H2,29,30,31,36)/i2D3. The van der Waals surface area contributed by atoms with E-state index in [2.05, 4.69) is 32.3 Å². The van der Waals surface area contributed by atoms with Crippen molar-refractivity contribution in [1.82, 2.24) is 20.4 Å². The number of nitrogens with one attached hydrogen (secondary N) is 3. The van der Waals surface area contributed by atoms with Crippen LogP contribution in [0, 0.1) is 17.8 Å². The Hall–Kier alpha value is -4.15. The smallest absolute Gasteiger partial charge is 0.273 e. The highest BCUT2D eigenvalue weighted by Crippen LogP contribution is 2.41. The molecule has 11 heteroatoms. The largest absolute Gasteiger partial charge is 0.492 e. The van der Waals surface area contributed by atoms with Gasteiger partial charge >= 0.3 is 0 Å². The number of para-hydroxylation sites is 1. The second-order valence-corrected chi connectivity index (χ2v) is 9.89. The van der Waals surface area contributed by atoms with Crippen molar-refractivity contribution >= 4 is 40.6 Å². The lowest BCUT2D eigenvalue weighted by Gasteiger charge is -2.36. The number of methoxy groups -OCH3 is 1. The van der Waals surface area contributed by atoms with Crippen LogP contribution in [0.1, 0.15) is 33.9 Å². The maximum atomic E-state index is 12.8. The molecule has 2 aromatic rings. The van der Waals surface area contributed by atoms with Gasteiger partial charge in [0.15, 0.2) is 17.3 Å². The van der Waals surface area contributed by atoms with Gasteiger partial charge in [-0.15, -0.1) is 10.2 Å². The fourth-order valence-corrected chi connectivity index (χ4v) is 5.28. The van der Waals surface area contributed by atoms with Crippen molar-refractivity contribution < 1.29 is 23.2 Å². The number of likely N-dealkylation sites (tertiary alicyclic amines) is 1. The lowest BCUT2D eigenvalue weighted by molar-refractivity contribution is -0.125. The van der Waals surface area contributed by atoms with E-state index < -0.39 is 12.9 Å². The van der Waals surface area contributed by atoms with Crippen LogP contribution in [0.25, 0.3) is 0 Å². The fourth-order valence-electron chi connectivity index (χ4n) is 5.28. The molecule has 3 N–H and O–H groups in total. The third kappa shape index (κ3) is 5.13. The molecule has 2 atom stereocenters. The topological polar surface area (TPSA) is 129 Å². The number of rotatable bonds is 8. The van der Waals surface area contributed by atoms with Crippen LogP contribution in [-0.2, 0) is 9.59 Å². The van der Waals surface area contributed by atoms with Crippen molar-refractivity contribution in [1.29, 1.82) is 0 Å². The van der Waals surface area contributed by atoms with Gasteiger partial charge in [-0.25, -0.2) is 0 Å². The molecule has 3 heterocycles. The summed E-state index contributed by atoms with van der Waals surface area (Å²) in [5.74, 6) is 0.129. The first-order valence-electron chi connectivity index (χ1n) is 14.2. The fraction of sp³-hybridized carbons (Fsp3) is 0.444. The molecule has 2 unspecified atom stereocenters. The highest BCUT2D eigenvalue weighted by atomic mass is 16.5. The van der Waals surface area contributed by atoms with Gasteiger partial charge in [-0.05, 0) is 49.3 Å². The zero-order chi connectivity index (χ0) is 29.3. The van der Waals surface area contributed by atoms with E-state index in [1.807, 2.05) is 22.3 Å². The zero-order valence-electron chi connectivity index (χ0n) is 24.2. The maximum Gasteiger partial charge on any atom is 0.273 e. The van der Waals surface area contributed by atoms with Gasteiger partial charge in [0.05, 0.1) is 24.2 Å². The molecule has 3 amide bonds. The number of nitrogens with zero attached hydrogens (tertiary/aromatic N) is 4. The quantitative estimate of drug-likeness (QED) is 0.451. The summed E-state index contributed by atoms with van der Waals surface area (Å²) < 4.78 is 28.1. The Bertz CT molecular complexity index is 1360. The summed E-state index contributed by atoms with van der Waals surface area (Å²) in [6, 6.07) is 7.01. The number of benzene rings is 1. The molecule has 0 radical (unpaired) electrons. The molecule has 11 nitrogen and oxygen atoms in total. The minimum atomic E-state index is -2.73. The van der Waals surface area contributed by atoms with Crippen molar-refractivity contribution in [3.8, 4) is 5.75 Å². The molecule has 2 saturated heterocycles. The van der Waals surface area contributed by atoms with Crippen molar-refractivity contribution in [2.75, 3.05) is 55.8 Å². The molecule has 1 saturated carbocycles. The molecular formula is C27H33N7O4. The van der Waals surface area contributed by atoms with E-state index in [4.69, 9.17) is 8.85 Å². The molecule has 3 aliphatic rings. The van der Waals surface area contributed by atoms with Crippen LogP contribution in [0.2, 0.25) is 0 Å². The number of hydrogen-bond acceptors (Lipinski definition) is 8. The predicted molar refractivity (Wildman–Crippen MR) is 144 cm³/mol. The SMILES string of the molecule is [2H]C([2H])([2H])NC(=O)c1nnc(NC(=O)C2CC2)cc1Nc1cccc(N2CCC3CN(C(=O)C=C)CC3C2)c1OC. The van der Waals surface area contributed by atoms with E-state index >= 15 is 0 Å². The highest BCUT2D eigenvalue weighted by molar-refractivity contribution is 6.00. The van der Waals surface area contributed by atoms with Gasteiger partial charge in [-0.3, -0.25) is 14.4 Å². The zero-order valence-corrected chi connectivity index (χ0v) is 21.2. The van der Waals surface area contributed by atoms with Gasteiger partial charge in [0, 0.05) is 49.3 Å². The lowest BCUT2D eigenvalue weighted by Crippen LogP contribution is -2.40. The van der Waals surface area contributed by atoms with E-state index in [-0.39, 0.29) is 34.9 Å². The number of piperidine rings is 1. The molecule has 3 fully saturated rings. The Morgan fingerprint density at radius 3 is 2.68 bits per heavy atom. The number of fused-ring (bicyclic) bond motifs is 1. The van der Waals surface area contributed by atoms with Gasteiger partial charge in [0.25, 0.3) is 5.91 Å². The van der Waals surface area contributed by atoms with E-state index in [0.29, 0.717) is 29.8 Å². The number of carbonyl (C=O) groups excluding carboxylic acids is 3. The number of carbonyl (C=O) groups is 3. The van der Waals surface area contributed by atoms with E-state index in [1.54, 1.807) is 13.2 Å². The van der Waals surface area contributed by atoms with Crippen LogP contribution >= 0.6 is 0 Å². The van der Waals surface area contributed by atoms with E-state index in [1.165, 1.54) is 12.1 Å². The Morgan fingerprint density at radius 2 is 1.95 bits per heavy atom. The van der Waals surface area contributed by atoms with Crippen LogP contribution in [0.3, 0.4) is 0 Å². The Labute approximate surface area is 225 Å². The Balaban J connectivity index is 1.42. The number of aromatic nitrogens is 2. The summed E-state index contributed by atoms with van der Waals surface area (Å²) in [6.45, 7) is 3.80. The van der Waals surface area contributed by atoms with Crippen LogP contribution < -0.4 is 25.6 Å². The normalized spacial score (nSPS) is 21.9. The minimum Gasteiger partial charge on any atom is -0.492 e. The van der Waals surface area contributed by atoms with Crippen LogP contribution in [0.15, 0.2) is 36.9 Å². The summed E-state index contributed by atoms with van der Waals surface area (Å²) in [5, 5.41) is 15.7. The van der Waals surface area contributed by atoms with Crippen molar-refractivity contribution in [2.45, 2.75) is 19.3 Å². The molecule has 38 heavy (non-hydrogen) atoms. The molecule has 0 spiro atoms. The van der Waals surface area contributed by atoms with Crippen molar-refractivity contribution in [3.05, 3.63) is 42.6 Å². The van der Waals surface area contributed by atoms with Crippen molar-refractivity contribution in [3.63, 3.8) is 0 Å². The third-order valence-corrected chi connectivity index (χ3v) is 7.42. The third-order valence-electron chi connectivity index (χ3n) is 7.42. The maximum absolute atomic E-state index is 12.8. The summed E-state index contributed by atoms with van der Waals surface area (Å²) in [7, 11) is 1.55. The molecule has 0 bridgehead atoms. The van der Waals surface area contributed by atoms with Crippen molar-refractivity contribution in [2.24, 2.45) is 17.8 Å². The van der Waals surface area contributed by atoms with Gasteiger partial charge in [-0.2, -0.15) is 0 Å². The van der Waals surface area contributed by atoms with Gasteiger partial charge in [-0.1, -0.05) is 12.6 Å². The molecular weight excluding hydrogens is 486 g/mol. The first kappa shape index (κ1) is 21.9. The molecule has 5 rings (SSSR count). The summed E-state index contributed by atoms with van der Waals surface area (Å²) in [4.78, 5) is 41.4. The number of amides is 3. The molecule has 2 aliphatic heterocycles. The lowest BCUT2D eigenvalue weighted by atomic mass is 9.88. The monoisotopic (exact) mass is 522 g/mol. The Morgan fingerprint density at radius 1 is 1.13 bits per heavy atom. The predicted octanol–water partition coefficient (Wildman–Crippen LogP) is 2.41. The molecule has 1 aromatic heterocycles. The minimum absolute atomic E-state index is 0.0493. The van der Waals surface area contributed by atoms with E-state index in [9.17, 15) is 14.4 Å². The second-order valence-electron chi connectivity index (χ2n) is 9.89. The first-order chi connectivity index (χ1) is 19.6. The molecule has 200 valence electrons. The average molecular weight is 523 g/mol. The summed E-state index contributed by atoms with van der Waals surface area (Å²) in [5.41, 5.74) is 1.24. The molecule has 1 aromatic carbocycles. The van der Waals surface area contributed by atoms with Crippen LogP contribution in [0.5, 0.6) is 5.75 Å². The van der Waals surface area contributed by atoms with Crippen LogP contribution in [0.4, 0.5) is 22.9 Å². The number of anilines is 4. The Kier molecular flexibility index (Phi) is 6.15. The summed E-state index contributed by atoms with van der Waals surface area (Å²) >= 11 is 0. The highest BCUT2D eigenvalue weighted by Gasteiger charge is 2.39. The van der Waals surface area contributed by atoms with Crippen LogP contribution in [-0.4, -0.2) is 73.1 Å². The first-order valence-corrected chi connectivity index (χ1v) is 12.7. The van der Waals surface area contributed by atoms with Gasteiger partial charge < -0.3 is 30.5 Å². The molecule has 1 aliphatic carbocycles.